The van der Waals surface area contributed by atoms with E-state index in [9.17, 15) is 24.6 Å². The van der Waals surface area contributed by atoms with Crippen molar-refractivity contribution in [1.82, 2.24) is 10.2 Å². The number of carbonyl (C=O) groups is 3. The fourth-order valence-electron chi connectivity index (χ4n) is 5.08. The Kier molecular flexibility index (Phi) is 9.61. The molecule has 11 heteroatoms. The second kappa shape index (κ2) is 13.3. The first-order valence-corrected chi connectivity index (χ1v) is 13.2. The predicted octanol–water partition coefficient (Wildman–Crippen LogP) is 1.91. The van der Waals surface area contributed by atoms with Crippen LogP contribution in [0.2, 0.25) is 0 Å². The second-order valence-corrected chi connectivity index (χ2v) is 9.70. The highest BCUT2D eigenvalue weighted by molar-refractivity contribution is 6.02. The summed E-state index contributed by atoms with van der Waals surface area (Å²) in [6, 6.07) is 12.7. The molecule has 2 atom stereocenters. The van der Waals surface area contributed by atoms with Crippen molar-refractivity contribution in [3.05, 3.63) is 48.5 Å². The first-order chi connectivity index (χ1) is 18.9. The number of rotatable bonds is 12. The molecule has 0 radical (unpaired) electrons. The van der Waals surface area contributed by atoms with Crippen LogP contribution >= 0.6 is 0 Å². The van der Waals surface area contributed by atoms with Gasteiger partial charge in [-0.25, -0.2) is 0 Å². The van der Waals surface area contributed by atoms with E-state index in [0.29, 0.717) is 24.3 Å². The van der Waals surface area contributed by atoms with Gasteiger partial charge in [0.05, 0.1) is 18.5 Å². The monoisotopic (exact) mass is 540 g/mol. The lowest BCUT2D eigenvalue weighted by atomic mass is 10.1. The molecular formula is C28H36N4O7. The lowest BCUT2D eigenvalue weighted by Gasteiger charge is -2.36. The Hall–Kier alpha value is -3.83. The van der Waals surface area contributed by atoms with Crippen LogP contribution in [0.3, 0.4) is 0 Å². The van der Waals surface area contributed by atoms with Crippen LogP contribution in [-0.2, 0) is 14.4 Å². The average Bonchev–Trinajstić information content (AvgIpc) is 3.07. The highest BCUT2D eigenvalue weighted by Gasteiger charge is 2.35. The molecule has 1 unspecified atom stereocenters. The molecule has 1 fully saturated rings. The molecule has 0 spiro atoms. The average molecular weight is 541 g/mol. The van der Waals surface area contributed by atoms with Crippen LogP contribution in [0.5, 0.6) is 11.5 Å². The molecule has 1 amide bonds. The van der Waals surface area contributed by atoms with Crippen LogP contribution in [0.1, 0.15) is 19.3 Å². The molecule has 4 rings (SSSR count). The number of aliphatic carboxylic acids is 2. The molecule has 2 heterocycles. The van der Waals surface area contributed by atoms with E-state index in [1.807, 2.05) is 18.2 Å². The van der Waals surface area contributed by atoms with E-state index in [-0.39, 0.29) is 6.61 Å². The van der Waals surface area contributed by atoms with Gasteiger partial charge in [-0.05, 0) is 43.7 Å². The molecule has 210 valence electrons. The van der Waals surface area contributed by atoms with Gasteiger partial charge >= 0.3 is 11.9 Å². The summed E-state index contributed by atoms with van der Waals surface area (Å²) in [6.07, 6.45) is 1.83. The Balaban J connectivity index is 1.26. The molecule has 11 nitrogen and oxygen atoms in total. The topological polar surface area (TPSA) is 132 Å². The number of hydrogen-bond acceptors (Lipinski definition) is 8. The van der Waals surface area contributed by atoms with Gasteiger partial charge in [0.1, 0.15) is 36.7 Å². The Bertz CT molecular complexity index is 1150. The summed E-state index contributed by atoms with van der Waals surface area (Å²) in [7, 11) is 1.68. The molecule has 39 heavy (non-hydrogen) atoms. The molecule has 1 saturated heterocycles. The summed E-state index contributed by atoms with van der Waals surface area (Å²) in [4.78, 5) is 42.5. The van der Waals surface area contributed by atoms with E-state index >= 15 is 0 Å². The van der Waals surface area contributed by atoms with Crippen LogP contribution < -0.4 is 24.6 Å². The third-order valence-corrected chi connectivity index (χ3v) is 7.13. The fraction of sp³-hybridized carbons (Fsp3) is 0.464. The Morgan fingerprint density at radius 1 is 1.03 bits per heavy atom. The number of carbonyl (C=O) groups excluding carboxylic acids is 1. The van der Waals surface area contributed by atoms with Gasteiger partial charge in [-0.15, -0.1) is 0 Å². The number of amides is 1. The first kappa shape index (κ1) is 28.2. The number of fused-ring (bicyclic) bond motifs is 1. The molecule has 2 aromatic carbocycles. The van der Waals surface area contributed by atoms with Crippen molar-refractivity contribution in [2.75, 3.05) is 62.8 Å². The smallest absolute Gasteiger partial charge is 0.323 e. The van der Waals surface area contributed by atoms with Crippen LogP contribution in [-0.4, -0.2) is 98.0 Å². The number of ether oxygens (including phenoxy) is 2. The summed E-state index contributed by atoms with van der Waals surface area (Å²) in [5.74, 6) is -1.50. The molecule has 3 N–H and O–H groups in total. The number of para-hydroxylation sites is 4. The van der Waals surface area contributed by atoms with Gasteiger partial charge in [-0.3, -0.25) is 29.5 Å². The maximum atomic E-state index is 13.2. The number of carboxylic acid groups (broad SMARTS) is 2. The zero-order chi connectivity index (χ0) is 27.8. The molecule has 0 bridgehead atoms. The van der Waals surface area contributed by atoms with E-state index in [1.54, 1.807) is 31.4 Å². The summed E-state index contributed by atoms with van der Waals surface area (Å²) in [5, 5.41) is 22.1. The number of nitrogens with one attached hydrogen (secondary N) is 1. The van der Waals surface area contributed by atoms with Gasteiger partial charge in [-0.2, -0.15) is 0 Å². The van der Waals surface area contributed by atoms with Crippen molar-refractivity contribution in [2.45, 2.75) is 31.3 Å². The normalized spacial score (nSPS) is 18.6. The van der Waals surface area contributed by atoms with Crippen LogP contribution in [0.15, 0.2) is 48.5 Å². The van der Waals surface area contributed by atoms with Gasteiger partial charge in [0.15, 0.2) is 0 Å². The number of anilines is 2. The Morgan fingerprint density at radius 3 is 2.41 bits per heavy atom. The van der Waals surface area contributed by atoms with Gasteiger partial charge in [0.25, 0.3) is 0 Å². The zero-order valence-corrected chi connectivity index (χ0v) is 22.1. The molecule has 0 aromatic heterocycles. The summed E-state index contributed by atoms with van der Waals surface area (Å²) in [5.41, 5.74) is 1.45. The highest BCUT2D eigenvalue weighted by atomic mass is 16.5. The summed E-state index contributed by atoms with van der Waals surface area (Å²) < 4.78 is 11.2. The Morgan fingerprint density at radius 2 is 1.72 bits per heavy atom. The van der Waals surface area contributed by atoms with Crippen molar-refractivity contribution in [2.24, 2.45) is 0 Å². The molecule has 2 aliphatic heterocycles. The van der Waals surface area contributed by atoms with E-state index < -0.39 is 36.5 Å². The molecule has 0 saturated carbocycles. The van der Waals surface area contributed by atoms with E-state index in [2.05, 4.69) is 21.2 Å². The minimum Gasteiger partial charge on any atom is -0.495 e. The van der Waals surface area contributed by atoms with Crippen molar-refractivity contribution >= 4 is 29.2 Å². The minimum absolute atomic E-state index is 0.0910. The molecular weight excluding hydrogens is 504 g/mol. The maximum absolute atomic E-state index is 13.2. The SMILES string of the molecule is COc1ccccc1N1CCN(CCCCC(N[C@H]2COc3ccccc3N(CC(=O)O)C2=O)C(=O)O)CC1. The quantitative estimate of drug-likeness (QED) is 0.343. The number of nitrogens with zero attached hydrogens (tertiary/aromatic N) is 3. The fourth-order valence-corrected chi connectivity index (χ4v) is 5.08. The van der Waals surface area contributed by atoms with Gasteiger partial charge in [-0.1, -0.05) is 30.7 Å². The predicted molar refractivity (Wildman–Crippen MR) is 146 cm³/mol. The molecule has 0 aliphatic carbocycles. The molecule has 2 aromatic rings. The number of piperazine rings is 1. The third-order valence-electron chi connectivity index (χ3n) is 7.13. The van der Waals surface area contributed by atoms with Crippen LogP contribution in [0.4, 0.5) is 11.4 Å². The number of methoxy groups -OCH3 is 1. The van der Waals surface area contributed by atoms with E-state index in [1.165, 1.54) is 0 Å². The minimum atomic E-state index is -1.17. The van der Waals surface area contributed by atoms with Crippen molar-refractivity contribution < 1.29 is 34.1 Å². The lowest BCUT2D eigenvalue weighted by Crippen LogP contribution is -2.54. The van der Waals surface area contributed by atoms with Crippen molar-refractivity contribution in [3.63, 3.8) is 0 Å². The van der Waals surface area contributed by atoms with Crippen molar-refractivity contribution in [1.29, 1.82) is 0 Å². The maximum Gasteiger partial charge on any atom is 0.323 e. The van der Waals surface area contributed by atoms with Crippen LogP contribution in [0, 0.1) is 0 Å². The largest absolute Gasteiger partial charge is 0.495 e. The first-order valence-electron chi connectivity index (χ1n) is 13.2. The van der Waals surface area contributed by atoms with E-state index in [0.717, 1.165) is 55.5 Å². The summed E-state index contributed by atoms with van der Waals surface area (Å²) in [6.45, 7) is 3.82. The van der Waals surface area contributed by atoms with Crippen molar-refractivity contribution in [3.8, 4) is 11.5 Å². The van der Waals surface area contributed by atoms with Crippen LogP contribution in [0.25, 0.3) is 0 Å². The second-order valence-electron chi connectivity index (χ2n) is 9.70. The number of unbranched alkanes of at least 4 members (excludes halogenated alkanes) is 1. The lowest BCUT2D eigenvalue weighted by molar-refractivity contribution is -0.141. The summed E-state index contributed by atoms with van der Waals surface area (Å²) >= 11 is 0. The number of benzene rings is 2. The van der Waals surface area contributed by atoms with E-state index in [4.69, 9.17) is 9.47 Å². The Labute approximate surface area is 227 Å². The van der Waals surface area contributed by atoms with Gasteiger partial charge < -0.3 is 24.6 Å². The zero-order valence-electron chi connectivity index (χ0n) is 22.1. The highest BCUT2D eigenvalue weighted by Crippen LogP contribution is 2.31. The number of hydrogen-bond donors (Lipinski definition) is 3. The standard InChI is InChI=1S/C28H36N4O7/c1-38-24-11-4-2-9-22(24)31-16-14-30(15-17-31)13-7-6-8-20(28(36)37)29-21-19-39-25-12-5-3-10-23(25)32(27(21)35)18-26(33)34/h2-5,9-12,20-21,29H,6-8,13-19H2,1H3,(H,33,34)(H,36,37)/t20?,21-/m0/s1. The third kappa shape index (κ3) is 7.18. The van der Waals surface area contributed by atoms with Gasteiger partial charge in [0, 0.05) is 26.2 Å². The van der Waals surface area contributed by atoms with Gasteiger partial charge in [0.2, 0.25) is 5.91 Å². The molecule has 2 aliphatic rings. The number of carboxylic acids is 2.